The number of Topliss-reactive ketones (excluding diaryl/α,β-unsaturated/α-hetero) is 1. The van der Waals surface area contributed by atoms with Crippen LogP contribution in [0.25, 0.3) is 0 Å². The monoisotopic (exact) mass is 561 g/mol. The summed E-state index contributed by atoms with van der Waals surface area (Å²) in [7, 11) is -3.94. The number of ether oxygens (including phenoxy) is 1. The van der Waals surface area contributed by atoms with Crippen molar-refractivity contribution >= 4 is 33.3 Å². The molecular weight excluding hydrogens is 526 g/mol. The first-order valence-electron chi connectivity index (χ1n) is 13.2. The zero-order valence-electron chi connectivity index (χ0n) is 22.5. The van der Waals surface area contributed by atoms with Gasteiger partial charge < -0.3 is 20.7 Å². The molecular formula is C25H35N7O6S. The van der Waals surface area contributed by atoms with Crippen molar-refractivity contribution in [2.45, 2.75) is 51.5 Å². The number of hydrogen-bond acceptors (Lipinski definition) is 9. The number of likely N-dealkylation sites (N-methyl/N-ethyl adjacent to an activating group) is 1. The standard InChI is InChI=1S/C25H35N7O6S/c1-4-16-8-7-9-32-21(22(16)33)19(20(29-32)23(26)34)28-24(35)18-14-17(15-27-25(18)38-6-3)39(36,37)31-12-10-30(5-2)11-13-31/h14-16H,4-13H2,1-3H3,(H2,26,34)(H,28,35). The van der Waals surface area contributed by atoms with E-state index >= 15 is 0 Å². The lowest BCUT2D eigenvalue weighted by molar-refractivity contribution is 0.0908. The van der Waals surface area contributed by atoms with Crippen LogP contribution in [0.4, 0.5) is 5.69 Å². The summed E-state index contributed by atoms with van der Waals surface area (Å²) in [5.41, 5.74) is 5.16. The maximum absolute atomic E-state index is 13.6. The van der Waals surface area contributed by atoms with E-state index in [2.05, 4.69) is 20.3 Å². The van der Waals surface area contributed by atoms with E-state index in [1.165, 1.54) is 21.3 Å². The predicted octanol–water partition coefficient (Wildman–Crippen LogP) is 1.36. The van der Waals surface area contributed by atoms with Crippen LogP contribution in [0.1, 0.15) is 71.4 Å². The third-order valence-corrected chi connectivity index (χ3v) is 9.08. The number of nitrogens with one attached hydrogen (secondary N) is 1. The number of aryl methyl sites for hydroxylation is 1. The number of anilines is 1. The molecule has 4 rings (SSSR count). The topological polar surface area (TPSA) is 170 Å². The third kappa shape index (κ3) is 5.68. The first kappa shape index (κ1) is 28.6. The van der Waals surface area contributed by atoms with Crippen LogP contribution >= 0.6 is 0 Å². The van der Waals surface area contributed by atoms with E-state index in [0.29, 0.717) is 52.0 Å². The summed E-state index contributed by atoms with van der Waals surface area (Å²) in [6.07, 6.45) is 3.09. The van der Waals surface area contributed by atoms with E-state index in [1.807, 2.05) is 13.8 Å². The fraction of sp³-hybridized carbons (Fsp3) is 0.560. The van der Waals surface area contributed by atoms with Gasteiger partial charge in [-0.25, -0.2) is 13.4 Å². The Kier molecular flexibility index (Phi) is 8.67. The van der Waals surface area contributed by atoms with Crippen LogP contribution in [0.15, 0.2) is 17.2 Å². The summed E-state index contributed by atoms with van der Waals surface area (Å²) < 4.78 is 35.1. The van der Waals surface area contributed by atoms with E-state index in [0.717, 1.165) is 6.54 Å². The van der Waals surface area contributed by atoms with Crippen molar-refractivity contribution in [1.82, 2.24) is 24.0 Å². The molecule has 0 bridgehead atoms. The van der Waals surface area contributed by atoms with Gasteiger partial charge in [0.25, 0.3) is 11.8 Å². The minimum atomic E-state index is -3.94. The molecule has 39 heavy (non-hydrogen) atoms. The summed E-state index contributed by atoms with van der Waals surface area (Å²) in [5, 5.41) is 6.83. The molecule has 212 valence electrons. The van der Waals surface area contributed by atoms with Gasteiger partial charge >= 0.3 is 0 Å². The molecule has 0 aliphatic carbocycles. The van der Waals surface area contributed by atoms with Crippen molar-refractivity contribution < 1.29 is 27.5 Å². The average molecular weight is 562 g/mol. The van der Waals surface area contributed by atoms with Crippen molar-refractivity contribution in [2.24, 2.45) is 11.7 Å². The fourth-order valence-electron chi connectivity index (χ4n) is 4.97. The summed E-state index contributed by atoms with van der Waals surface area (Å²) in [5.74, 6) is -2.32. The molecule has 13 nitrogen and oxygen atoms in total. The highest BCUT2D eigenvalue weighted by Gasteiger charge is 2.34. The van der Waals surface area contributed by atoms with E-state index in [4.69, 9.17) is 10.5 Å². The van der Waals surface area contributed by atoms with Crippen molar-refractivity contribution in [1.29, 1.82) is 0 Å². The van der Waals surface area contributed by atoms with Crippen LogP contribution < -0.4 is 15.8 Å². The summed E-state index contributed by atoms with van der Waals surface area (Å²) in [6, 6.07) is 1.21. The van der Waals surface area contributed by atoms with Gasteiger partial charge in [0.05, 0.1) is 12.8 Å². The minimum Gasteiger partial charge on any atom is -0.477 e. The zero-order valence-corrected chi connectivity index (χ0v) is 23.3. The van der Waals surface area contributed by atoms with Gasteiger partial charge in [-0.2, -0.15) is 9.40 Å². The summed E-state index contributed by atoms with van der Waals surface area (Å²) in [6.45, 7) is 8.84. The number of piperazine rings is 1. The molecule has 3 N–H and O–H groups in total. The molecule has 4 heterocycles. The smallest absolute Gasteiger partial charge is 0.271 e. The Morgan fingerprint density at radius 3 is 2.49 bits per heavy atom. The minimum absolute atomic E-state index is 0.0820. The Morgan fingerprint density at radius 2 is 1.87 bits per heavy atom. The Labute approximate surface area is 227 Å². The van der Waals surface area contributed by atoms with Crippen LogP contribution in [0.3, 0.4) is 0 Å². The Balaban J connectivity index is 1.72. The average Bonchev–Trinajstić information content (AvgIpc) is 3.20. The number of nitrogens with zero attached hydrogens (tertiary/aromatic N) is 5. The van der Waals surface area contributed by atoms with Gasteiger partial charge in [-0.05, 0) is 38.8 Å². The molecule has 14 heteroatoms. The highest BCUT2D eigenvalue weighted by Crippen LogP contribution is 2.31. The third-order valence-electron chi connectivity index (χ3n) is 7.21. The van der Waals surface area contributed by atoms with Crippen molar-refractivity contribution in [3.05, 3.63) is 29.2 Å². The molecule has 1 fully saturated rings. The van der Waals surface area contributed by atoms with Crippen molar-refractivity contribution in [3.63, 3.8) is 0 Å². The number of rotatable bonds is 9. The number of ketones is 1. The molecule has 2 aromatic rings. The van der Waals surface area contributed by atoms with Gasteiger partial charge in [-0.15, -0.1) is 0 Å². The Bertz CT molecular complexity index is 1370. The summed E-state index contributed by atoms with van der Waals surface area (Å²) in [4.78, 5) is 45.3. The second-order valence-electron chi connectivity index (χ2n) is 9.52. The van der Waals surface area contributed by atoms with Crippen molar-refractivity contribution in [2.75, 3.05) is 44.6 Å². The molecule has 2 aliphatic rings. The van der Waals surface area contributed by atoms with Gasteiger partial charge in [0.2, 0.25) is 15.9 Å². The predicted molar refractivity (Wildman–Crippen MR) is 142 cm³/mol. The van der Waals surface area contributed by atoms with Crippen molar-refractivity contribution in [3.8, 4) is 5.88 Å². The lowest BCUT2D eigenvalue weighted by Gasteiger charge is -2.33. The molecule has 2 aromatic heterocycles. The molecule has 0 radical (unpaired) electrons. The summed E-state index contributed by atoms with van der Waals surface area (Å²) >= 11 is 0. The largest absolute Gasteiger partial charge is 0.477 e. The first-order valence-corrected chi connectivity index (χ1v) is 14.7. The van der Waals surface area contributed by atoms with E-state index in [1.54, 1.807) is 6.92 Å². The SMILES string of the molecule is CCOc1ncc(S(=O)(=O)N2CCN(CC)CC2)cc1C(=O)Nc1c(C(N)=O)nn2c1C(=O)C(CC)CCC2. The number of carbonyl (C=O) groups is 3. The highest BCUT2D eigenvalue weighted by atomic mass is 32.2. The molecule has 1 atom stereocenters. The van der Waals surface area contributed by atoms with Crippen LogP contribution in [-0.4, -0.2) is 89.3 Å². The maximum Gasteiger partial charge on any atom is 0.271 e. The molecule has 1 unspecified atom stereocenters. The van der Waals surface area contributed by atoms with Crippen LogP contribution in [0.5, 0.6) is 5.88 Å². The van der Waals surface area contributed by atoms with E-state index in [-0.39, 0.29) is 51.7 Å². The number of pyridine rings is 1. The van der Waals surface area contributed by atoms with Crippen LogP contribution in [0, 0.1) is 5.92 Å². The van der Waals surface area contributed by atoms with Gasteiger partial charge in [0.1, 0.15) is 21.8 Å². The molecule has 0 aromatic carbocycles. The molecule has 1 saturated heterocycles. The first-order chi connectivity index (χ1) is 18.6. The van der Waals surface area contributed by atoms with Gasteiger partial charge in [-0.3, -0.25) is 19.1 Å². The zero-order chi connectivity index (χ0) is 28.3. The molecule has 2 aliphatic heterocycles. The molecule has 2 amide bonds. The lowest BCUT2D eigenvalue weighted by atomic mass is 9.94. The van der Waals surface area contributed by atoms with E-state index < -0.39 is 21.8 Å². The number of sulfonamides is 1. The van der Waals surface area contributed by atoms with Crippen LogP contribution in [-0.2, 0) is 16.6 Å². The molecule has 0 spiro atoms. The number of carbonyl (C=O) groups excluding carboxylic acids is 3. The number of primary amides is 1. The Hall–Kier alpha value is -3.36. The number of hydrogen-bond donors (Lipinski definition) is 2. The van der Waals surface area contributed by atoms with E-state index in [9.17, 15) is 22.8 Å². The number of amides is 2. The fourth-order valence-corrected chi connectivity index (χ4v) is 6.37. The normalized spacial score (nSPS) is 18.8. The molecule has 0 saturated carbocycles. The maximum atomic E-state index is 13.6. The highest BCUT2D eigenvalue weighted by molar-refractivity contribution is 7.89. The quantitative estimate of drug-likeness (QED) is 0.459. The number of fused-ring (bicyclic) bond motifs is 1. The van der Waals surface area contributed by atoms with Gasteiger partial charge in [0, 0.05) is 38.6 Å². The van der Waals surface area contributed by atoms with Crippen LogP contribution in [0.2, 0.25) is 0 Å². The number of nitrogens with two attached hydrogens (primary N) is 1. The lowest BCUT2D eigenvalue weighted by Crippen LogP contribution is -2.48. The number of aromatic nitrogens is 3. The Morgan fingerprint density at radius 1 is 1.15 bits per heavy atom. The van der Waals surface area contributed by atoms with Gasteiger partial charge in [-0.1, -0.05) is 13.8 Å². The van der Waals surface area contributed by atoms with Gasteiger partial charge in [0.15, 0.2) is 11.5 Å². The second-order valence-corrected chi connectivity index (χ2v) is 11.5. The second kappa shape index (κ2) is 11.8.